The highest BCUT2D eigenvalue weighted by molar-refractivity contribution is 7.87. The van der Waals surface area contributed by atoms with E-state index >= 15 is 0 Å². The second-order valence-corrected chi connectivity index (χ2v) is 9.02. The maximum atomic E-state index is 12.4. The molecular weight excluding hydrogens is 450 g/mol. The number of carbonyl (C=O) groups is 1. The minimum atomic E-state index is -3.95. The molecule has 0 spiro atoms. The van der Waals surface area contributed by atoms with Gasteiger partial charge >= 0.3 is 10.1 Å². The first-order valence-electron chi connectivity index (χ1n) is 10.00. The molecule has 6 nitrogen and oxygen atoms in total. The standard InChI is InChI=1S/C24H24ClNO5S/c1-18(19-8-4-2-5-9-19)26(24(28)16-25)17-23(27)20-12-14-21(15-13-20)31-32(29,30)22-10-6-3-7-11-22/h2-15,18,23,27H,16-17H2,1H3/t18-,23-/m1/s1. The lowest BCUT2D eigenvalue weighted by Gasteiger charge is -2.31. The Hall–Kier alpha value is -2.87. The van der Waals surface area contributed by atoms with Crippen molar-refractivity contribution in [1.82, 2.24) is 4.90 Å². The summed E-state index contributed by atoms with van der Waals surface area (Å²) in [7, 11) is -3.95. The molecule has 0 aliphatic heterocycles. The highest BCUT2D eigenvalue weighted by Gasteiger charge is 2.24. The number of halogens is 1. The van der Waals surface area contributed by atoms with E-state index in [9.17, 15) is 18.3 Å². The minimum absolute atomic E-state index is 0.0319. The number of alkyl halides is 1. The lowest BCUT2D eigenvalue weighted by Crippen LogP contribution is -2.37. The topological polar surface area (TPSA) is 83.9 Å². The molecular formula is C24H24ClNO5S. The number of hydrogen-bond acceptors (Lipinski definition) is 5. The largest absolute Gasteiger partial charge is 0.387 e. The maximum absolute atomic E-state index is 12.4. The molecule has 0 aromatic heterocycles. The van der Waals surface area contributed by atoms with Crippen molar-refractivity contribution in [3.8, 4) is 5.75 Å². The van der Waals surface area contributed by atoms with Crippen LogP contribution in [0.25, 0.3) is 0 Å². The SMILES string of the molecule is C[C@H](c1ccccc1)N(C[C@@H](O)c1ccc(OS(=O)(=O)c2ccccc2)cc1)C(=O)CCl. The first-order chi connectivity index (χ1) is 15.3. The van der Waals surface area contributed by atoms with E-state index in [1.54, 1.807) is 30.3 Å². The van der Waals surface area contributed by atoms with Gasteiger partial charge in [0.05, 0.1) is 18.7 Å². The summed E-state index contributed by atoms with van der Waals surface area (Å²) >= 11 is 5.79. The van der Waals surface area contributed by atoms with Crippen LogP contribution in [0.3, 0.4) is 0 Å². The Morgan fingerprint density at radius 1 is 0.938 bits per heavy atom. The van der Waals surface area contributed by atoms with E-state index in [-0.39, 0.29) is 35.0 Å². The first-order valence-corrected chi connectivity index (χ1v) is 11.9. The summed E-state index contributed by atoms with van der Waals surface area (Å²) < 4.78 is 29.9. The highest BCUT2D eigenvalue weighted by Crippen LogP contribution is 2.26. The van der Waals surface area contributed by atoms with Gasteiger partial charge < -0.3 is 14.2 Å². The quantitative estimate of drug-likeness (QED) is 0.369. The van der Waals surface area contributed by atoms with E-state index in [1.807, 2.05) is 37.3 Å². The van der Waals surface area contributed by atoms with Gasteiger partial charge in [0.25, 0.3) is 0 Å². The zero-order chi connectivity index (χ0) is 23.1. The van der Waals surface area contributed by atoms with Gasteiger partial charge in [0.1, 0.15) is 16.5 Å². The van der Waals surface area contributed by atoms with E-state index in [2.05, 4.69) is 0 Å². The molecule has 0 radical (unpaired) electrons. The van der Waals surface area contributed by atoms with Crippen molar-refractivity contribution in [1.29, 1.82) is 0 Å². The van der Waals surface area contributed by atoms with Gasteiger partial charge in [-0.3, -0.25) is 4.79 Å². The van der Waals surface area contributed by atoms with Crippen molar-refractivity contribution in [2.75, 3.05) is 12.4 Å². The van der Waals surface area contributed by atoms with E-state index < -0.39 is 16.2 Å². The van der Waals surface area contributed by atoms with Crippen molar-refractivity contribution in [3.05, 3.63) is 96.1 Å². The molecule has 0 heterocycles. The number of hydrogen-bond donors (Lipinski definition) is 1. The molecule has 0 saturated heterocycles. The predicted molar refractivity (Wildman–Crippen MR) is 123 cm³/mol. The van der Waals surface area contributed by atoms with Crippen LogP contribution in [0.4, 0.5) is 0 Å². The Morgan fingerprint density at radius 2 is 1.50 bits per heavy atom. The van der Waals surface area contributed by atoms with Crippen LogP contribution in [0.1, 0.15) is 30.2 Å². The molecule has 3 aromatic carbocycles. The van der Waals surface area contributed by atoms with Gasteiger partial charge in [-0.2, -0.15) is 8.42 Å². The molecule has 0 aliphatic carbocycles. The molecule has 168 valence electrons. The van der Waals surface area contributed by atoms with E-state index in [0.717, 1.165) is 5.56 Å². The van der Waals surface area contributed by atoms with Gasteiger partial charge in [-0.1, -0.05) is 60.7 Å². The van der Waals surface area contributed by atoms with Gasteiger partial charge in [-0.25, -0.2) is 0 Å². The lowest BCUT2D eigenvalue weighted by atomic mass is 10.0. The fraction of sp³-hybridized carbons (Fsp3) is 0.208. The fourth-order valence-corrected chi connectivity index (χ4v) is 4.37. The number of aliphatic hydroxyl groups excluding tert-OH is 1. The van der Waals surface area contributed by atoms with Crippen LogP contribution in [-0.2, 0) is 14.9 Å². The highest BCUT2D eigenvalue weighted by atomic mass is 35.5. The average molecular weight is 474 g/mol. The molecule has 32 heavy (non-hydrogen) atoms. The van der Waals surface area contributed by atoms with Gasteiger partial charge in [-0.05, 0) is 42.3 Å². The van der Waals surface area contributed by atoms with Crippen LogP contribution >= 0.6 is 11.6 Å². The normalized spacial score (nSPS) is 13.2. The zero-order valence-corrected chi connectivity index (χ0v) is 19.0. The number of amides is 1. The van der Waals surface area contributed by atoms with Crippen molar-refractivity contribution < 1.29 is 22.5 Å². The van der Waals surface area contributed by atoms with E-state index in [1.165, 1.54) is 29.2 Å². The molecule has 3 aromatic rings. The van der Waals surface area contributed by atoms with Gasteiger partial charge in [0.15, 0.2) is 0 Å². The van der Waals surface area contributed by atoms with Crippen LogP contribution in [-0.4, -0.2) is 36.8 Å². The average Bonchev–Trinajstić information content (AvgIpc) is 2.83. The molecule has 8 heteroatoms. The monoisotopic (exact) mass is 473 g/mol. The third-order valence-electron chi connectivity index (χ3n) is 5.06. The Balaban J connectivity index is 1.72. The zero-order valence-electron chi connectivity index (χ0n) is 17.5. The van der Waals surface area contributed by atoms with E-state index in [4.69, 9.17) is 15.8 Å². The molecule has 1 N–H and O–H groups in total. The number of rotatable bonds is 9. The Kier molecular flexibility index (Phi) is 7.90. The molecule has 2 atom stereocenters. The molecule has 0 saturated carbocycles. The summed E-state index contributed by atoms with van der Waals surface area (Å²) in [4.78, 5) is 14.0. The smallest absolute Gasteiger partial charge is 0.339 e. The third-order valence-corrected chi connectivity index (χ3v) is 6.55. The number of nitrogens with zero attached hydrogens (tertiary/aromatic N) is 1. The summed E-state index contributed by atoms with van der Waals surface area (Å²) in [6, 6.07) is 23.1. The molecule has 1 amide bonds. The summed E-state index contributed by atoms with van der Waals surface area (Å²) in [5, 5.41) is 10.7. The van der Waals surface area contributed by atoms with Gasteiger partial charge in [0, 0.05) is 0 Å². The molecule has 0 unspecified atom stereocenters. The van der Waals surface area contributed by atoms with Crippen molar-refractivity contribution >= 4 is 27.6 Å². The number of carbonyl (C=O) groups excluding carboxylic acids is 1. The number of benzene rings is 3. The van der Waals surface area contributed by atoms with Crippen LogP contribution in [0.2, 0.25) is 0 Å². The summed E-state index contributed by atoms with van der Waals surface area (Å²) in [6.07, 6.45) is -0.992. The second-order valence-electron chi connectivity index (χ2n) is 7.20. The maximum Gasteiger partial charge on any atom is 0.339 e. The molecule has 0 fully saturated rings. The summed E-state index contributed by atoms with van der Waals surface area (Å²) in [5.74, 6) is -0.374. The second kappa shape index (κ2) is 10.6. The fourth-order valence-electron chi connectivity index (χ4n) is 3.26. The first kappa shape index (κ1) is 23.8. The summed E-state index contributed by atoms with van der Waals surface area (Å²) in [6.45, 7) is 1.90. The number of aliphatic hydroxyl groups is 1. The van der Waals surface area contributed by atoms with Gasteiger partial charge in [-0.15, -0.1) is 11.6 Å². The summed E-state index contributed by atoms with van der Waals surface area (Å²) in [5.41, 5.74) is 1.44. The molecule has 3 rings (SSSR count). The molecule has 0 aliphatic rings. The molecule has 0 bridgehead atoms. The lowest BCUT2D eigenvalue weighted by molar-refractivity contribution is -0.132. The predicted octanol–water partition coefficient (Wildman–Crippen LogP) is 4.32. The van der Waals surface area contributed by atoms with Crippen LogP contribution < -0.4 is 4.18 Å². The van der Waals surface area contributed by atoms with Crippen LogP contribution in [0.5, 0.6) is 5.75 Å². The Labute approximate surface area is 193 Å². The van der Waals surface area contributed by atoms with Crippen LogP contribution in [0.15, 0.2) is 89.8 Å². The van der Waals surface area contributed by atoms with Crippen LogP contribution in [0, 0.1) is 0 Å². The Bertz CT molecular complexity index is 1120. The van der Waals surface area contributed by atoms with Crippen molar-refractivity contribution in [3.63, 3.8) is 0 Å². The van der Waals surface area contributed by atoms with E-state index in [0.29, 0.717) is 5.56 Å². The Morgan fingerprint density at radius 3 is 2.06 bits per heavy atom. The van der Waals surface area contributed by atoms with Crippen molar-refractivity contribution in [2.45, 2.75) is 24.0 Å². The van der Waals surface area contributed by atoms with Gasteiger partial charge in [0.2, 0.25) is 5.91 Å². The third kappa shape index (κ3) is 5.88. The van der Waals surface area contributed by atoms with Crippen molar-refractivity contribution in [2.24, 2.45) is 0 Å². The minimum Gasteiger partial charge on any atom is -0.387 e.